The molecule has 0 atom stereocenters. The third kappa shape index (κ3) is 3.94. The Morgan fingerprint density at radius 1 is 1.17 bits per heavy atom. The molecule has 0 saturated heterocycles. The van der Waals surface area contributed by atoms with Crippen LogP contribution in [0.25, 0.3) is 0 Å². The molecule has 66 valence electrons. The molecule has 0 fully saturated rings. The van der Waals surface area contributed by atoms with Gasteiger partial charge in [-0.1, -0.05) is 42.0 Å². The molecule has 0 radical (unpaired) electrons. The molecule has 0 spiro atoms. The number of allylic oxidation sites excluding steroid dienone is 2. The highest BCUT2D eigenvalue weighted by atomic mass is 14.0. The van der Waals surface area contributed by atoms with Crippen LogP contribution in [0.1, 0.15) is 19.4 Å². The van der Waals surface area contributed by atoms with E-state index in [0.29, 0.717) is 0 Å². The highest BCUT2D eigenvalue weighted by Crippen LogP contribution is 2.01. The van der Waals surface area contributed by atoms with Crippen molar-refractivity contribution in [2.75, 3.05) is 0 Å². The zero-order chi connectivity index (χ0) is 8.10. The van der Waals surface area contributed by atoms with E-state index in [1.807, 2.05) is 6.07 Å². The van der Waals surface area contributed by atoms with E-state index in [9.17, 15) is 0 Å². The molecule has 1 heteroatoms. The Kier molecular flexibility index (Phi) is 5.06. The van der Waals surface area contributed by atoms with E-state index in [1.54, 1.807) is 0 Å². The lowest BCUT2D eigenvalue weighted by Crippen LogP contribution is -1.79. The quantitative estimate of drug-likeness (QED) is 0.666. The SMILES string of the molecule is CC(C)=CCc1ccccc1.N. The molecular weight excluding hydrogens is 146 g/mol. The number of benzene rings is 1. The fourth-order valence-electron chi connectivity index (χ4n) is 0.936. The molecule has 1 aromatic carbocycles. The Morgan fingerprint density at radius 3 is 2.25 bits per heavy atom. The highest BCUT2D eigenvalue weighted by Gasteiger charge is 1.85. The molecule has 0 aliphatic heterocycles. The van der Waals surface area contributed by atoms with Crippen LogP contribution in [-0.4, -0.2) is 0 Å². The van der Waals surface area contributed by atoms with Crippen LogP contribution in [0.5, 0.6) is 0 Å². The van der Waals surface area contributed by atoms with Gasteiger partial charge in [-0.15, -0.1) is 0 Å². The Balaban J connectivity index is 0.00000121. The van der Waals surface area contributed by atoms with Gasteiger partial charge < -0.3 is 6.15 Å². The van der Waals surface area contributed by atoms with E-state index >= 15 is 0 Å². The van der Waals surface area contributed by atoms with Crippen LogP contribution in [0.3, 0.4) is 0 Å². The fourth-order valence-corrected chi connectivity index (χ4v) is 0.936. The molecular formula is C11H17N. The summed E-state index contributed by atoms with van der Waals surface area (Å²) in [6.07, 6.45) is 3.30. The van der Waals surface area contributed by atoms with Gasteiger partial charge in [0.15, 0.2) is 0 Å². The molecule has 1 nitrogen and oxygen atoms in total. The lowest BCUT2D eigenvalue weighted by atomic mass is 10.1. The average molecular weight is 163 g/mol. The van der Waals surface area contributed by atoms with Gasteiger partial charge in [0, 0.05) is 0 Å². The van der Waals surface area contributed by atoms with Crippen molar-refractivity contribution in [2.45, 2.75) is 20.3 Å². The van der Waals surface area contributed by atoms with Crippen molar-refractivity contribution < 1.29 is 0 Å². The third-order valence-corrected chi connectivity index (χ3v) is 1.59. The second-order valence-corrected chi connectivity index (χ2v) is 2.97. The fraction of sp³-hybridized carbons (Fsp3) is 0.273. The van der Waals surface area contributed by atoms with Crippen molar-refractivity contribution in [1.29, 1.82) is 0 Å². The lowest BCUT2D eigenvalue weighted by molar-refractivity contribution is 1.21. The minimum atomic E-state index is 0. The van der Waals surface area contributed by atoms with Gasteiger partial charge in [-0.3, -0.25) is 0 Å². The van der Waals surface area contributed by atoms with E-state index in [0.717, 1.165) is 6.42 Å². The maximum atomic E-state index is 2.25. The first kappa shape index (κ1) is 10.9. The van der Waals surface area contributed by atoms with E-state index < -0.39 is 0 Å². The van der Waals surface area contributed by atoms with Gasteiger partial charge in [0.1, 0.15) is 0 Å². The molecule has 0 saturated carbocycles. The van der Waals surface area contributed by atoms with Crippen LogP contribution in [-0.2, 0) is 6.42 Å². The number of hydrogen-bond acceptors (Lipinski definition) is 1. The summed E-state index contributed by atoms with van der Waals surface area (Å²) in [5.41, 5.74) is 2.77. The first-order valence-corrected chi connectivity index (χ1v) is 3.96. The first-order valence-electron chi connectivity index (χ1n) is 3.96. The minimum Gasteiger partial charge on any atom is -0.344 e. The molecule has 0 aromatic heterocycles. The summed E-state index contributed by atoms with van der Waals surface area (Å²) < 4.78 is 0. The standard InChI is InChI=1S/C11H14.H3N/c1-10(2)8-9-11-6-4-3-5-7-11;/h3-8H,9H2,1-2H3;1H3. The normalized spacial score (nSPS) is 8.50. The monoisotopic (exact) mass is 163 g/mol. The predicted octanol–water partition coefficient (Wildman–Crippen LogP) is 3.36. The van der Waals surface area contributed by atoms with Crippen LogP contribution in [0, 0.1) is 0 Å². The van der Waals surface area contributed by atoms with Gasteiger partial charge in [-0.05, 0) is 25.8 Å². The Labute approximate surface area is 74.7 Å². The van der Waals surface area contributed by atoms with Gasteiger partial charge in [-0.2, -0.15) is 0 Å². The topological polar surface area (TPSA) is 35.0 Å². The van der Waals surface area contributed by atoms with Crippen LogP contribution in [0.2, 0.25) is 0 Å². The smallest absolute Gasteiger partial charge is 0.00950 e. The molecule has 3 N–H and O–H groups in total. The molecule has 0 amide bonds. The second-order valence-electron chi connectivity index (χ2n) is 2.97. The molecule has 0 unspecified atom stereocenters. The van der Waals surface area contributed by atoms with E-state index in [1.165, 1.54) is 11.1 Å². The van der Waals surface area contributed by atoms with E-state index in [4.69, 9.17) is 0 Å². The van der Waals surface area contributed by atoms with E-state index in [2.05, 4.69) is 44.2 Å². The molecule has 1 rings (SSSR count). The number of hydrogen-bond donors (Lipinski definition) is 1. The van der Waals surface area contributed by atoms with Gasteiger partial charge in [0.05, 0.1) is 0 Å². The lowest BCUT2D eigenvalue weighted by Gasteiger charge is -1.94. The van der Waals surface area contributed by atoms with Crippen molar-refractivity contribution in [2.24, 2.45) is 0 Å². The Morgan fingerprint density at radius 2 is 1.75 bits per heavy atom. The second kappa shape index (κ2) is 5.56. The molecule has 0 heterocycles. The van der Waals surface area contributed by atoms with Crippen LogP contribution < -0.4 is 6.15 Å². The van der Waals surface area contributed by atoms with Crippen LogP contribution in [0.15, 0.2) is 42.0 Å². The molecule has 0 aliphatic rings. The van der Waals surface area contributed by atoms with Gasteiger partial charge in [-0.25, -0.2) is 0 Å². The largest absolute Gasteiger partial charge is 0.344 e. The molecule has 0 bridgehead atoms. The van der Waals surface area contributed by atoms with Crippen molar-refractivity contribution in [3.63, 3.8) is 0 Å². The van der Waals surface area contributed by atoms with Gasteiger partial charge >= 0.3 is 0 Å². The summed E-state index contributed by atoms with van der Waals surface area (Å²) in [5, 5.41) is 0. The summed E-state index contributed by atoms with van der Waals surface area (Å²) >= 11 is 0. The molecule has 1 aromatic rings. The maximum absolute atomic E-state index is 2.25. The maximum Gasteiger partial charge on any atom is -0.00950 e. The minimum absolute atomic E-state index is 0. The zero-order valence-corrected chi connectivity index (χ0v) is 7.88. The van der Waals surface area contributed by atoms with Crippen LogP contribution in [0.4, 0.5) is 0 Å². The van der Waals surface area contributed by atoms with Crippen molar-refractivity contribution in [3.05, 3.63) is 47.5 Å². The predicted molar refractivity (Wildman–Crippen MR) is 54.6 cm³/mol. The van der Waals surface area contributed by atoms with Crippen molar-refractivity contribution >= 4 is 0 Å². The van der Waals surface area contributed by atoms with Crippen LogP contribution >= 0.6 is 0 Å². The van der Waals surface area contributed by atoms with Gasteiger partial charge in [0.2, 0.25) is 0 Å². The first-order chi connectivity index (χ1) is 5.29. The summed E-state index contributed by atoms with van der Waals surface area (Å²) in [5.74, 6) is 0. The zero-order valence-electron chi connectivity index (χ0n) is 7.88. The van der Waals surface area contributed by atoms with Crippen molar-refractivity contribution in [1.82, 2.24) is 6.15 Å². The third-order valence-electron chi connectivity index (χ3n) is 1.59. The van der Waals surface area contributed by atoms with Gasteiger partial charge in [0.25, 0.3) is 0 Å². The average Bonchev–Trinajstić information content (AvgIpc) is 2.03. The Bertz CT molecular complexity index is 232. The molecule has 12 heavy (non-hydrogen) atoms. The molecule has 0 aliphatic carbocycles. The summed E-state index contributed by atoms with van der Waals surface area (Å²) in [6.45, 7) is 4.26. The highest BCUT2D eigenvalue weighted by molar-refractivity contribution is 5.18. The van der Waals surface area contributed by atoms with Crippen molar-refractivity contribution in [3.8, 4) is 0 Å². The summed E-state index contributed by atoms with van der Waals surface area (Å²) in [7, 11) is 0. The van der Waals surface area contributed by atoms with E-state index in [-0.39, 0.29) is 6.15 Å². The summed E-state index contributed by atoms with van der Waals surface area (Å²) in [6, 6.07) is 10.5. The number of rotatable bonds is 2. The Hall–Kier alpha value is -1.08. The summed E-state index contributed by atoms with van der Waals surface area (Å²) in [4.78, 5) is 0.